The van der Waals surface area contributed by atoms with E-state index in [9.17, 15) is 14.7 Å². The van der Waals surface area contributed by atoms with E-state index in [4.69, 9.17) is 23.2 Å². The van der Waals surface area contributed by atoms with Gasteiger partial charge in [0.15, 0.2) is 0 Å². The number of benzene rings is 1. The van der Waals surface area contributed by atoms with Crippen molar-refractivity contribution in [3.8, 4) is 0 Å². The number of aromatic amines is 1. The van der Waals surface area contributed by atoms with Gasteiger partial charge in [-0.15, -0.1) is 11.6 Å². The summed E-state index contributed by atoms with van der Waals surface area (Å²) >= 11 is 11.7. The first kappa shape index (κ1) is 12.9. The number of nitrogens with one attached hydrogen (secondary N) is 1. The second-order valence-electron chi connectivity index (χ2n) is 3.88. The number of aromatic nitrogens is 1. The van der Waals surface area contributed by atoms with Crippen molar-refractivity contribution in [3.63, 3.8) is 0 Å². The van der Waals surface area contributed by atoms with Gasteiger partial charge in [-0.2, -0.15) is 0 Å². The minimum atomic E-state index is -1.54. The maximum absolute atomic E-state index is 11.7. The standard InChI is InChI=1S/C12H9Cl2NO3/c1-5-2-6-7(4-13)10(12(17)18)11(16)15-9(6)3-8(5)14/h2-3H,4H2,1H3,(H,15,16)(H,17,18)/p-1. The Kier molecular flexibility index (Phi) is 3.32. The van der Waals surface area contributed by atoms with Crippen LogP contribution in [0.3, 0.4) is 0 Å². The zero-order valence-corrected chi connectivity index (χ0v) is 10.9. The zero-order chi connectivity index (χ0) is 13.4. The third-order valence-corrected chi connectivity index (χ3v) is 3.41. The molecule has 0 bridgehead atoms. The topological polar surface area (TPSA) is 73.0 Å². The molecule has 2 aromatic rings. The van der Waals surface area contributed by atoms with Crippen molar-refractivity contribution >= 4 is 40.1 Å². The molecular formula is C12H8Cl2NO3-. The normalized spacial score (nSPS) is 10.8. The maximum Gasteiger partial charge on any atom is 0.257 e. The summed E-state index contributed by atoms with van der Waals surface area (Å²) in [6, 6.07) is 3.26. The van der Waals surface area contributed by atoms with Gasteiger partial charge < -0.3 is 14.9 Å². The minimum absolute atomic E-state index is 0.0925. The average molecular weight is 285 g/mol. The summed E-state index contributed by atoms with van der Waals surface area (Å²) in [5, 5.41) is 12.0. The van der Waals surface area contributed by atoms with Crippen molar-refractivity contribution in [3.05, 3.63) is 44.2 Å². The van der Waals surface area contributed by atoms with E-state index < -0.39 is 17.1 Å². The average Bonchev–Trinajstić information content (AvgIpc) is 2.29. The molecule has 0 aliphatic heterocycles. The number of carboxylic acid groups (broad SMARTS) is 1. The maximum atomic E-state index is 11.7. The molecule has 0 radical (unpaired) electrons. The Bertz CT molecular complexity index is 707. The van der Waals surface area contributed by atoms with E-state index in [0.717, 1.165) is 5.56 Å². The van der Waals surface area contributed by atoms with Gasteiger partial charge in [0.2, 0.25) is 0 Å². The van der Waals surface area contributed by atoms with Crippen LogP contribution in [0.5, 0.6) is 0 Å². The Labute approximate surface area is 112 Å². The molecular weight excluding hydrogens is 277 g/mol. The number of hydrogen-bond acceptors (Lipinski definition) is 3. The zero-order valence-electron chi connectivity index (χ0n) is 9.34. The van der Waals surface area contributed by atoms with Crippen molar-refractivity contribution in [2.45, 2.75) is 12.8 Å². The van der Waals surface area contributed by atoms with E-state index >= 15 is 0 Å². The number of pyridine rings is 1. The molecule has 0 amide bonds. The van der Waals surface area contributed by atoms with Crippen LogP contribution in [0.1, 0.15) is 21.5 Å². The van der Waals surface area contributed by atoms with Crippen molar-refractivity contribution in [2.75, 3.05) is 0 Å². The molecule has 0 unspecified atom stereocenters. The largest absolute Gasteiger partial charge is 0.545 e. The first-order chi connectivity index (χ1) is 8.45. The Hall–Kier alpha value is -1.52. The van der Waals surface area contributed by atoms with Crippen molar-refractivity contribution in [2.24, 2.45) is 0 Å². The van der Waals surface area contributed by atoms with Gasteiger partial charge in [-0.05, 0) is 30.2 Å². The van der Waals surface area contributed by atoms with Crippen LogP contribution in [0.15, 0.2) is 16.9 Å². The molecule has 0 spiro atoms. The minimum Gasteiger partial charge on any atom is -0.545 e. The number of fused-ring (bicyclic) bond motifs is 1. The Morgan fingerprint density at radius 2 is 2.11 bits per heavy atom. The number of hydrogen-bond donors (Lipinski definition) is 1. The molecule has 0 aliphatic carbocycles. The van der Waals surface area contributed by atoms with Gasteiger partial charge in [-0.1, -0.05) is 11.6 Å². The second kappa shape index (κ2) is 4.63. The summed E-state index contributed by atoms with van der Waals surface area (Å²) in [5.74, 6) is -1.63. The second-order valence-corrected chi connectivity index (χ2v) is 4.55. The lowest BCUT2D eigenvalue weighted by molar-refractivity contribution is -0.255. The number of carbonyl (C=O) groups is 1. The lowest BCUT2D eigenvalue weighted by Gasteiger charge is -2.12. The van der Waals surface area contributed by atoms with E-state index in [2.05, 4.69) is 4.98 Å². The van der Waals surface area contributed by atoms with Crippen LogP contribution in [0.2, 0.25) is 5.02 Å². The first-order valence-electron chi connectivity index (χ1n) is 5.08. The smallest absolute Gasteiger partial charge is 0.257 e. The number of halogens is 2. The summed E-state index contributed by atoms with van der Waals surface area (Å²) in [6.07, 6.45) is 0. The van der Waals surface area contributed by atoms with Gasteiger partial charge in [0.05, 0.1) is 17.0 Å². The molecule has 0 saturated heterocycles. The van der Waals surface area contributed by atoms with Crippen LogP contribution in [-0.2, 0) is 5.88 Å². The number of H-pyrrole nitrogens is 1. The van der Waals surface area contributed by atoms with Crippen LogP contribution in [0.25, 0.3) is 10.9 Å². The molecule has 6 heteroatoms. The van der Waals surface area contributed by atoms with E-state index in [1.165, 1.54) is 0 Å². The quantitative estimate of drug-likeness (QED) is 0.852. The van der Waals surface area contributed by atoms with Crippen molar-refractivity contribution < 1.29 is 9.90 Å². The molecule has 1 aromatic carbocycles. The summed E-state index contributed by atoms with van der Waals surface area (Å²) in [4.78, 5) is 25.1. The van der Waals surface area contributed by atoms with E-state index in [0.29, 0.717) is 15.9 Å². The number of aromatic carboxylic acids is 1. The Balaban J connectivity index is 2.99. The van der Waals surface area contributed by atoms with Crippen molar-refractivity contribution in [1.29, 1.82) is 0 Å². The Morgan fingerprint density at radius 1 is 1.44 bits per heavy atom. The highest BCUT2D eigenvalue weighted by Crippen LogP contribution is 2.26. The van der Waals surface area contributed by atoms with Crippen LogP contribution in [0.4, 0.5) is 0 Å². The molecule has 0 saturated carbocycles. The van der Waals surface area contributed by atoms with Gasteiger partial charge in [-0.25, -0.2) is 0 Å². The third-order valence-electron chi connectivity index (χ3n) is 2.74. The van der Waals surface area contributed by atoms with Crippen LogP contribution >= 0.6 is 23.2 Å². The monoisotopic (exact) mass is 284 g/mol. The predicted octanol–water partition coefficient (Wildman–Crippen LogP) is 1.59. The Morgan fingerprint density at radius 3 is 2.67 bits per heavy atom. The molecule has 0 fully saturated rings. The van der Waals surface area contributed by atoms with Crippen LogP contribution in [0, 0.1) is 6.92 Å². The highest BCUT2D eigenvalue weighted by Gasteiger charge is 2.13. The fourth-order valence-electron chi connectivity index (χ4n) is 1.85. The lowest BCUT2D eigenvalue weighted by atomic mass is 10.0. The molecule has 18 heavy (non-hydrogen) atoms. The molecule has 0 atom stereocenters. The molecule has 1 N–H and O–H groups in total. The summed E-state index contributed by atoms with van der Waals surface area (Å²) < 4.78 is 0. The van der Waals surface area contributed by atoms with Gasteiger partial charge >= 0.3 is 0 Å². The molecule has 2 rings (SSSR count). The summed E-state index contributed by atoms with van der Waals surface area (Å²) in [7, 11) is 0. The molecule has 0 aliphatic rings. The predicted molar refractivity (Wildman–Crippen MR) is 68.2 cm³/mol. The number of carbonyl (C=O) groups excluding carboxylic acids is 1. The molecule has 1 heterocycles. The lowest BCUT2D eigenvalue weighted by Crippen LogP contribution is -2.31. The van der Waals surface area contributed by atoms with E-state index in [1.807, 2.05) is 0 Å². The number of alkyl halides is 1. The summed E-state index contributed by atoms with van der Waals surface area (Å²) in [6.45, 7) is 1.78. The van der Waals surface area contributed by atoms with Gasteiger partial charge in [-0.3, -0.25) is 4.79 Å². The van der Waals surface area contributed by atoms with Gasteiger partial charge in [0.25, 0.3) is 5.56 Å². The SMILES string of the molecule is Cc1cc2c(CCl)c(C(=O)[O-])c(=O)[nH]c2cc1Cl. The van der Waals surface area contributed by atoms with E-state index in [1.54, 1.807) is 19.1 Å². The summed E-state index contributed by atoms with van der Waals surface area (Å²) in [5.41, 5.74) is 0.301. The highest BCUT2D eigenvalue weighted by molar-refractivity contribution is 6.32. The fraction of sp³-hybridized carbons (Fsp3) is 0.167. The van der Waals surface area contributed by atoms with Crippen LogP contribution < -0.4 is 10.7 Å². The highest BCUT2D eigenvalue weighted by atomic mass is 35.5. The number of aryl methyl sites for hydroxylation is 1. The first-order valence-corrected chi connectivity index (χ1v) is 5.99. The fourth-order valence-corrected chi connectivity index (χ4v) is 2.29. The van der Waals surface area contributed by atoms with E-state index in [-0.39, 0.29) is 11.4 Å². The molecule has 4 nitrogen and oxygen atoms in total. The third kappa shape index (κ3) is 1.98. The molecule has 94 valence electrons. The molecule has 1 aromatic heterocycles. The van der Waals surface area contributed by atoms with Gasteiger partial charge in [0.1, 0.15) is 0 Å². The van der Waals surface area contributed by atoms with Gasteiger partial charge in [0, 0.05) is 16.3 Å². The number of carboxylic acids is 1. The number of rotatable bonds is 2. The van der Waals surface area contributed by atoms with Crippen LogP contribution in [-0.4, -0.2) is 11.0 Å². The van der Waals surface area contributed by atoms with Crippen molar-refractivity contribution in [1.82, 2.24) is 4.98 Å².